The smallest absolute Gasteiger partial charge is 0.273 e. The van der Waals surface area contributed by atoms with Crippen molar-refractivity contribution < 1.29 is 8.77 Å². The lowest BCUT2D eigenvalue weighted by atomic mass is 16.0. The van der Waals surface area contributed by atoms with E-state index >= 15 is 0 Å². The molecule has 0 aliphatic rings. The first-order valence-electron chi connectivity index (χ1n) is 1.02. The van der Waals surface area contributed by atoms with E-state index in [4.69, 9.17) is 33.2 Å². The molecule has 0 amide bonds. The van der Waals surface area contributed by atoms with Crippen LogP contribution in [0.3, 0.4) is 0 Å². The van der Waals surface area contributed by atoms with Crippen LogP contribution in [0.2, 0.25) is 0 Å². The van der Waals surface area contributed by atoms with Gasteiger partial charge in [0.15, 0.2) is 0 Å². The van der Waals surface area contributed by atoms with Crippen molar-refractivity contribution in [3.8, 4) is 0 Å². The Balaban J connectivity index is 4.09. The predicted molar refractivity (Wildman–Crippen MR) is 33.3 cm³/mol. The average molecular weight is 201 g/mol. The van der Waals surface area contributed by atoms with Crippen LogP contribution in [0.15, 0.2) is 0 Å². The van der Waals surface area contributed by atoms with Crippen molar-refractivity contribution in [2.45, 2.75) is 0 Å². The lowest BCUT2D eigenvalue weighted by Gasteiger charge is -1.86. The molecule has 0 rings (SSSR count). The first-order valence-corrected chi connectivity index (χ1v) is 7.12. The molecule has 44 valence electrons. The molecule has 0 fully saturated rings. The highest BCUT2D eigenvalue weighted by Gasteiger charge is 2.20. The van der Waals surface area contributed by atoms with Crippen LogP contribution in [-0.2, 0) is 14.2 Å². The Bertz CT molecular complexity index is 125. The van der Waals surface area contributed by atoms with Crippen LogP contribution in [0.4, 0.5) is 0 Å². The van der Waals surface area contributed by atoms with Gasteiger partial charge in [0.1, 0.15) is 0 Å². The SMILES string of the molecule is O=S(Cl)P(=O)(Cl)Cl. The predicted octanol–water partition coefficient (Wildman–Crippen LogP) is 2.47. The van der Waals surface area contributed by atoms with E-state index in [1.54, 1.807) is 0 Å². The minimum Gasteiger partial charge on any atom is -0.273 e. The summed E-state index contributed by atoms with van der Waals surface area (Å²) in [7, 11) is 2.57. The Kier molecular flexibility index (Phi) is 3.18. The van der Waals surface area contributed by atoms with E-state index in [-0.39, 0.29) is 0 Å². The Labute approximate surface area is 56.8 Å². The number of halogens is 3. The Morgan fingerprint density at radius 2 is 1.57 bits per heavy atom. The summed E-state index contributed by atoms with van der Waals surface area (Å²) in [6.07, 6.45) is 0. The maximum atomic E-state index is 10.0. The van der Waals surface area contributed by atoms with Crippen LogP contribution < -0.4 is 0 Å². The van der Waals surface area contributed by atoms with Gasteiger partial charge in [-0.3, -0.25) is 4.57 Å². The zero-order chi connectivity index (χ0) is 6.08. The maximum Gasteiger partial charge on any atom is 0.350 e. The zero-order valence-corrected chi connectivity index (χ0v) is 6.78. The maximum absolute atomic E-state index is 10.0. The van der Waals surface area contributed by atoms with Crippen LogP contribution in [0, 0.1) is 0 Å². The van der Waals surface area contributed by atoms with Gasteiger partial charge in [0, 0.05) is 10.7 Å². The van der Waals surface area contributed by atoms with Gasteiger partial charge in [-0.25, -0.2) is 4.21 Å². The van der Waals surface area contributed by atoms with Crippen LogP contribution in [0.1, 0.15) is 0 Å². The summed E-state index contributed by atoms with van der Waals surface area (Å²) in [5.41, 5.74) is 0. The van der Waals surface area contributed by atoms with E-state index < -0.39 is 14.7 Å². The van der Waals surface area contributed by atoms with Gasteiger partial charge in [-0.1, -0.05) is 0 Å². The van der Waals surface area contributed by atoms with Crippen molar-refractivity contribution in [2.75, 3.05) is 0 Å². The highest BCUT2D eigenvalue weighted by molar-refractivity contribution is 8.73. The standard InChI is InChI=1S/Cl3O2PS/c1-6(2,4)7(3)5. The van der Waals surface area contributed by atoms with E-state index in [1.807, 2.05) is 0 Å². The summed E-state index contributed by atoms with van der Waals surface area (Å²) >= 11 is 9.51. The van der Waals surface area contributed by atoms with Crippen molar-refractivity contribution >= 4 is 47.8 Å². The third kappa shape index (κ3) is 3.80. The molecule has 1 atom stereocenters. The summed E-state index contributed by atoms with van der Waals surface area (Å²) in [5, 5.41) is -3.56. The van der Waals surface area contributed by atoms with Gasteiger partial charge in [0.25, 0.3) is 0 Å². The lowest BCUT2D eigenvalue weighted by Crippen LogP contribution is -1.61. The molecule has 0 aliphatic carbocycles. The Hall–Kier alpha value is 1.25. The van der Waals surface area contributed by atoms with Crippen LogP contribution in [0.25, 0.3) is 0 Å². The monoisotopic (exact) mass is 200 g/mol. The first-order chi connectivity index (χ1) is 2.94. The third-order valence-corrected chi connectivity index (χ3v) is 6.78. The number of hydrogen-bond donors (Lipinski definition) is 0. The molecule has 2 nitrogen and oxygen atoms in total. The van der Waals surface area contributed by atoms with Crippen molar-refractivity contribution in [1.29, 1.82) is 0 Å². The Morgan fingerprint density at radius 1 is 1.43 bits per heavy atom. The van der Waals surface area contributed by atoms with Crippen molar-refractivity contribution in [3.63, 3.8) is 0 Å². The fourth-order valence-electron chi connectivity index (χ4n) is 0. The van der Waals surface area contributed by atoms with Gasteiger partial charge < -0.3 is 0 Å². The fraction of sp³-hybridized carbons (Fsp3) is 0. The highest BCUT2D eigenvalue weighted by atomic mass is 35.9. The molecule has 0 heterocycles. The Morgan fingerprint density at radius 3 is 1.57 bits per heavy atom. The fourth-order valence-corrected chi connectivity index (χ4v) is 0. The minimum atomic E-state index is -3.56. The molecule has 0 spiro atoms. The van der Waals surface area contributed by atoms with Gasteiger partial charge in [0.2, 0.25) is 9.63 Å². The second-order valence-corrected chi connectivity index (χ2v) is 10.5. The molecule has 0 aliphatic heterocycles. The summed E-state index contributed by atoms with van der Waals surface area (Å²) in [5.74, 6) is 0. The van der Waals surface area contributed by atoms with Crippen molar-refractivity contribution in [3.05, 3.63) is 0 Å². The molecule has 0 saturated heterocycles. The van der Waals surface area contributed by atoms with Gasteiger partial charge in [-0.05, 0) is 22.5 Å². The molecular formula is Cl3O2PS. The summed E-state index contributed by atoms with van der Waals surface area (Å²) < 4.78 is 19.8. The molecule has 0 saturated carbocycles. The largest absolute Gasteiger partial charge is 0.350 e. The molecule has 0 radical (unpaired) electrons. The highest BCUT2D eigenvalue weighted by Crippen LogP contribution is 2.61. The lowest BCUT2D eigenvalue weighted by molar-refractivity contribution is 0.598. The summed E-state index contributed by atoms with van der Waals surface area (Å²) in [6, 6.07) is 0. The van der Waals surface area contributed by atoms with E-state index in [1.165, 1.54) is 0 Å². The summed E-state index contributed by atoms with van der Waals surface area (Å²) in [4.78, 5) is 0. The minimum absolute atomic E-state index is 2.12. The van der Waals surface area contributed by atoms with E-state index in [0.29, 0.717) is 0 Å². The molecule has 7 heteroatoms. The molecule has 1 unspecified atom stereocenters. The normalized spacial score (nSPS) is 16.4. The van der Waals surface area contributed by atoms with Gasteiger partial charge in [0.05, 0.1) is 0 Å². The second-order valence-electron chi connectivity index (χ2n) is 0.621. The van der Waals surface area contributed by atoms with Gasteiger partial charge in [-0.2, -0.15) is 0 Å². The second kappa shape index (κ2) is 2.70. The van der Waals surface area contributed by atoms with Gasteiger partial charge in [-0.15, -0.1) is 0 Å². The number of hydrogen-bond acceptors (Lipinski definition) is 2. The van der Waals surface area contributed by atoms with E-state index in [9.17, 15) is 8.77 Å². The topological polar surface area (TPSA) is 34.1 Å². The molecule has 0 aromatic rings. The molecular weight excluding hydrogens is 201 g/mol. The molecule has 0 N–H and O–H groups in total. The summed E-state index contributed by atoms with van der Waals surface area (Å²) in [6.45, 7) is 0. The van der Waals surface area contributed by atoms with Crippen molar-refractivity contribution in [1.82, 2.24) is 0 Å². The third-order valence-electron chi connectivity index (χ3n) is 0.167. The zero-order valence-electron chi connectivity index (χ0n) is 2.81. The van der Waals surface area contributed by atoms with Crippen LogP contribution >= 0.6 is 38.2 Å². The van der Waals surface area contributed by atoms with E-state index in [0.717, 1.165) is 0 Å². The average Bonchev–Trinajstić information content (AvgIpc) is 1.31. The molecule has 0 bridgehead atoms. The van der Waals surface area contributed by atoms with E-state index in [2.05, 4.69) is 0 Å². The number of rotatable bonds is 1. The molecule has 0 aromatic heterocycles. The van der Waals surface area contributed by atoms with Gasteiger partial charge >= 0.3 is 5.05 Å². The molecule has 7 heavy (non-hydrogen) atoms. The van der Waals surface area contributed by atoms with Crippen LogP contribution in [-0.4, -0.2) is 4.21 Å². The first kappa shape index (κ1) is 8.25. The molecule has 0 aromatic carbocycles. The quantitative estimate of drug-likeness (QED) is 0.482. The van der Waals surface area contributed by atoms with Crippen LogP contribution in [0.5, 0.6) is 0 Å². The van der Waals surface area contributed by atoms with Crippen molar-refractivity contribution in [2.24, 2.45) is 0 Å².